The predicted molar refractivity (Wildman–Crippen MR) is 87.5 cm³/mol. The molecule has 132 valence electrons. The molecule has 0 aromatic carbocycles. The van der Waals surface area contributed by atoms with Gasteiger partial charge in [-0.2, -0.15) is 0 Å². The van der Waals surface area contributed by atoms with E-state index < -0.39 is 17.2 Å². The number of carbonyl (C=O) groups excluding carboxylic acids is 1. The minimum atomic E-state index is -0.510. The zero-order valence-corrected chi connectivity index (χ0v) is 14.3. The van der Waals surface area contributed by atoms with Gasteiger partial charge in [-0.25, -0.2) is 4.79 Å². The summed E-state index contributed by atoms with van der Waals surface area (Å²) in [5.41, 5.74) is 4.70. The highest BCUT2D eigenvalue weighted by Crippen LogP contribution is 2.00. The number of carbonyl (C=O) groups is 1. The van der Waals surface area contributed by atoms with E-state index in [0.717, 1.165) is 0 Å². The van der Waals surface area contributed by atoms with Crippen LogP contribution in [0.5, 0.6) is 0 Å². The summed E-state index contributed by atoms with van der Waals surface area (Å²) in [5.74, 6) is -0.510. The van der Waals surface area contributed by atoms with Gasteiger partial charge in [-0.15, -0.1) is 0 Å². The number of nitrogens with one attached hydrogen (secondary N) is 1. The van der Waals surface area contributed by atoms with Crippen LogP contribution in [-0.4, -0.2) is 41.9 Å². The molecule has 0 aliphatic heterocycles. The van der Waals surface area contributed by atoms with Crippen LogP contribution in [0.15, 0.2) is 15.8 Å². The Balaban J connectivity index is 0.00000149. The first-order valence-electron chi connectivity index (χ1n) is 7.58. The first kappa shape index (κ1) is 21.1. The molecule has 0 bridgehead atoms. The van der Waals surface area contributed by atoms with Crippen molar-refractivity contribution in [3.63, 3.8) is 0 Å². The molecule has 0 saturated carbocycles. The van der Waals surface area contributed by atoms with Crippen molar-refractivity contribution in [2.24, 2.45) is 5.73 Å². The zero-order chi connectivity index (χ0) is 17.8. The Labute approximate surface area is 135 Å². The van der Waals surface area contributed by atoms with Gasteiger partial charge in [-0.3, -0.25) is 14.6 Å². The number of nitrogens with two attached hydrogens (primary N) is 1. The lowest BCUT2D eigenvalue weighted by Gasteiger charge is -2.16. The molecule has 1 atom stereocenters. The van der Waals surface area contributed by atoms with Crippen molar-refractivity contribution in [3.8, 4) is 0 Å². The van der Waals surface area contributed by atoms with Crippen LogP contribution in [0.3, 0.4) is 0 Å². The normalized spacial score (nSPS) is 11.3. The maximum absolute atomic E-state index is 11.6. The quantitative estimate of drug-likeness (QED) is 0.689. The Bertz CT molecular complexity index is 579. The van der Waals surface area contributed by atoms with E-state index in [-0.39, 0.29) is 19.3 Å². The van der Waals surface area contributed by atoms with Crippen LogP contribution in [0.2, 0.25) is 0 Å². The molecule has 0 fully saturated rings. The fraction of sp³-hybridized carbons (Fsp3) is 0.667. The standard InChI is InChI=1S/C12H19N3O5.C3H8/c1-8-6-15(12(18)14-11(8)17)4-3-9(19-2)7-20-10(16)5-13;1-3-2/h6,9H,3-5,7,13H2,1-2H3,(H,14,17,18);3H2,1-2H3. The highest BCUT2D eigenvalue weighted by Gasteiger charge is 2.11. The highest BCUT2D eigenvalue weighted by atomic mass is 16.6. The van der Waals surface area contributed by atoms with Crippen molar-refractivity contribution in [2.75, 3.05) is 20.3 Å². The number of methoxy groups -OCH3 is 1. The Morgan fingerprint density at radius 3 is 2.52 bits per heavy atom. The molecule has 1 rings (SSSR count). The molecule has 8 heteroatoms. The molecule has 1 aromatic heterocycles. The van der Waals surface area contributed by atoms with Crippen LogP contribution in [0, 0.1) is 6.92 Å². The summed E-state index contributed by atoms with van der Waals surface area (Å²) in [7, 11) is 1.49. The molecule has 8 nitrogen and oxygen atoms in total. The Morgan fingerprint density at radius 2 is 2.00 bits per heavy atom. The molecule has 1 heterocycles. The van der Waals surface area contributed by atoms with Gasteiger partial charge in [-0.1, -0.05) is 20.3 Å². The van der Waals surface area contributed by atoms with Gasteiger partial charge in [-0.05, 0) is 13.3 Å². The van der Waals surface area contributed by atoms with Gasteiger partial charge >= 0.3 is 11.7 Å². The second-order valence-electron chi connectivity index (χ2n) is 5.01. The molecular weight excluding hydrogens is 302 g/mol. The van der Waals surface area contributed by atoms with Crippen LogP contribution >= 0.6 is 0 Å². The van der Waals surface area contributed by atoms with Gasteiger partial charge in [0, 0.05) is 25.4 Å². The number of H-pyrrole nitrogens is 1. The monoisotopic (exact) mass is 329 g/mol. The second kappa shape index (κ2) is 11.6. The van der Waals surface area contributed by atoms with Crippen molar-refractivity contribution < 1.29 is 14.3 Å². The molecule has 0 aliphatic carbocycles. The molecular formula is C15H27N3O5. The smallest absolute Gasteiger partial charge is 0.328 e. The number of aromatic amines is 1. The summed E-state index contributed by atoms with van der Waals surface area (Å²) in [5, 5.41) is 0. The third kappa shape index (κ3) is 8.32. The third-order valence-electron chi connectivity index (χ3n) is 2.81. The van der Waals surface area contributed by atoms with Gasteiger partial charge in [0.1, 0.15) is 6.61 Å². The van der Waals surface area contributed by atoms with Gasteiger partial charge in [0.05, 0.1) is 12.6 Å². The number of aryl methyl sites for hydroxylation is 2. The SMILES string of the molecule is CCC.COC(CCn1cc(C)c(=O)[nH]c1=O)COC(=O)CN. The van der Waals surface area contributed by atoms with Crippen molar-refractivity contribution in [3.05, 3.63) is 32.6 Å². The Kier molecular flexibility index (Phi) is 10.6. The maximum atomic E-state index is 11.6. The fourth-order valence-electron chi connectivity index (χ4n) is 1.58. The molecule has 0 radical (unpaired) electrons. The average Bonchev–Trinajstić information content (AvgIpc) is 2.52. The first-order valence-corrected chi connectivity index (χ1v) is 7.58. The summed E-state index contributed by atoms with van der Waals surface area (Å²) in [4.78, 5) is 36.0. The molecule has 0 spiro atoms. The van der Waals surface area contributed by atoms with E-state index in [2.05, 4.69) is 18.8 Å². The van der Waals surface area contributed by atoms with E-state index in [1.165, 1.54) is 24.3 Å². The number of hydrogen-bond acceptors (Lipinski definition) is 6. The van der Waals surface area contributed by atoms with Crippen LogP contribution in [-0.2, 0) is 20.8 Å². The summed E-state index contributed by atoms with van der Waals surface area (Å²) in [6, 6.07) is 0. The van der Waals surface area contributed by atoms with E-state index >= 15 is 0 Å². The fourth-order valence-corrected chi connectivity index (χ4v) is 1.58. The summed E-state index contributed by atoms with van der Waals surface area (Å²) >= 11 is 0. The van der Waals surface area contributed by atoms with Gasteiger partial charge in [0.25, 0.3) is 5.56 Å². The maximum Gasteiger partial charge on any atom is 0.328 e. The Hall–Kier alpha value is -1.93. The van der Waals surface area contributed by atoms with Gasteiger partial charge in [0.2, 0.25) is 0 Å². The van der Waals surface area contributed by atoms with E-state index in [9.17, 15) is 14.4 Å². The lowest BCUT2D eigenvalue weighted by atomic mass is 10.2. The largest absolute Gasteiger partial charge is 0.462 e. The number of hydrogen-bond donors (Lipinski definition) is 2. The minimum Gasteiger partial charge on any atom is -0.462 e. The molecule has 23 heavy (non-hydrogen) atoms. The van der Waals surface area contributed by atoms with Crippen molar-refractivity contribution in [1.29, 1.82) is 0 Å². The van der Waals surface area contributed by atoms with Crippen molar-refractivity contribution in [1.82, 2.24) is 9.55 Å². The van der Waals surface area contributed by atoms with Gasteiger partial charge in [0.15, 0.2) is 0 Å². The summed E-state index contributed by atoms with van der Waals surface area (Å²) in [6.07, 6.45) is 2.85. The van der Waals surface area contributed by atoms with Crippen molar-refractivity contribution >= 4 is 5.97 Å². The number of rotatable bonds is 7. The third-order valence-corrected chi connectivity index (χ3v) is 2.81. The first-order chi connectivity index (χ1) is 10.9. The van der Waals surface area contributed by atoms with Crippen LogP contribution < -0.4 is 17.0 Å². The van der Waals surface area contributed by atoms with E-state index in [1.54, 1.807) is 6.92 Å². The predicted octanol–water partition coefficient (Wildman–Crippen LogP) is 0.168. The number of nitrogens with zero attached hydrogens (tertiary/aromatic N) is 1. The van der Waals surface area contributed by atoms with E-state index in [1.807, 2.05) is 0 Å². The van der Waals surface area contributed by atoms with Crippen LogP contribution in [0.25, 0.3) is 0 Å². The van der Waals surface area contributed by atoms with E-state index in [0.29, 0.717) is 18.5 Å². The Morgan fingerprint density at radius 1 is 1.39 bits per heavy atom. The minimum absolute atomic E-state index is 0.0730. The molecule has 3 N–H and O–H groups in total. The highest BCUT2D eigenvalue weighted by molar-refractivity contribution is 5.71. The zero-order valence-electron chi connectivity index (χ0n) is 14.3. The number of esters is 1. The average molecular weight is 329 g/mol. The molecule has 0 amide bonds. The second-order valence-corrected chi connectivity index (χ2v) is 5.01. The lowest BCUT2D eigenvalue weighted by Crippen LogP contribution is -2.32. The summed E-state index contributed by atoms with van der Waals surface area (Å²) in [6.45, 7) is 6.10. The molecule has 1 unspecified atom stereocenters. The van der Waals surface area contributed by atoms with Crippen LogP contribution in [0.4, 0.5) is 0 Å². The lowest BCUT2D eigenvalue weighted by molar-refractivity contribution is -0.145. The van der Waals surface area contributed by atoms with Crippen molar-refractivity contribution in [2.45, 2.75) is 46.3 Å². The molecule has 1 aromatic rings. The summed E-state index contributed by atoms with van der Waals surface area (Å²) < 4.78 is 11.4. The topological polar surface area (TPSA) is 116 Å². The van der Waals surface area contributed by atoms with E-state index in [4.69, 9.17) is 15.2 Å². The van der Waals surface area contributed by atoms with Crippen LogP contribution in [0.1, 0.15) is 32.3 Å². The molecule has 0 saturated heterocycles. The van der Waals surface area contributed by atoms with Gasteiger partial charge < -0.3 is 19.8 Å². The number of ether oxygens (including phenoxy) is 2. The molecule has 0 aliphatic rings. The number of aromatic nitrogens is 2.